The molecule has 9 rings (SSSR count). The number of aromatic nitrogens is 2. The highest BCUT2D eigenvalue weighted by atomic mass is 16.3. The summed E-state index contributed by atoms with van der Waals surface area (Å²) in [4.78, 5) is 4.88. The van der Waals surface area contributed by atoms with Crippen molar-refractivity contribution in [1.82, 2.24) is 9.55 Å². The number of hydrogen-bond donors (Lipinski definition) is 0. The summed E-state index contributed by atoms with van der Waals surface area (Å²) in [6, 6.07) is 56.6. The average Bonchev–Trinajstić information content (AvgIpc) is 3.74. The number of aryl methyl sites for hydroxylation is 1. The third-order valence-electron chi connectivity index (χ3n) is 9.89. The minimum atomic E-state index is 0.359. The summed E-state index contributed by atoms with van der Waals surface area (Å²) < 4.78 is 8.73. The highest BCUT2D eigenvalue weighted by Crippen LogP contribution is 2.40. The Labute approximate surface area is 292 Å². The molecule has 0 bridgehead atoms. The summed E-state index contributed by atoms with van der Waals surface area (Å²) in [6.07, 6.45) is 0. The zero-order chi connectivity index (χ0) is 33.8. The number of rotatable bonds is 6. The van der Waals surface area contributed by atoms with Gasteiger partial charge < -0.3 is 8.98 Å². The molecule has 9 aromatic rings. The molecule has 0 radical (unpaired) electrons. The standard InChI is InChI=1S/C47H36N2O/c1-30(2)42-28-31(3)29-43-46(42)50-47(48-43)34-22-20-32(21-23-34)36-12-4-6-14-38(36)39-15-7-5-13-37(39)33-24-26-35(27-25-33)49-44-18-10-8-16-40(44)41-17-9-11-19-45(41)49/h4-30H,1-3H3. The van der Waals surface area contributed by atoms with Gasteiger partial charge in [0.1, 0.15) is 5.52 Å². The van der Waals surface area contributed by atoms with Gasteiger partial charge in [0, 0.05) is 22.0 Å². The third-order valence-corrected chi connectivity index (χ3v) is 9.89. The fourth-order valence-corrected chi connectivity index (χ4v) is 7.48. The summed E-state index contributed by atoms with van der Waals surface area (Å²) in [6.45, 7) is 6.51. The monoisotopic (exact) mass is 644 g/mol. The molecule has 240 valence electrons. The van der Waals surface area contributed by atoms with Crippen LogP contribution in [0.4, 0.5) is 0 Å². The Balaban J connectivity index is 1.08. The maximum atomic E-state index is 6.37. The Morgan fingerprint density at radius 3 is 1.56 bits per heavy atom. The molecule has 3 nitrogen and oxygen atoms in total. The lowest BCUT2D eigenvalue weighted by atomic mass is 9.89. The maximum absolute atomic E-state index is 6.37. The van der Waals surface area contributed by atoms with Crippen molar-refractivity contribution < 1.29 is 4.42 Å². The molecular weight excluding hydrogens is 609 g/mol. The van der Waals surface area contributed by atoms with Gasteiger partial charge in [0.15, 0.2) is 5.58 Å². The summed E-state index contributed by atoms with van der Waals surface area (Å²) in [5, 5.41) is 2.54. The van der Waals surface area contributed by atoms with Crippen LogP contribution in [-0.4, -0.2) is 9.55 Å². The molecule has 0 atom stereocenters. The summed E-state index contributed by atoms with van der Waals surface area (Å²) in [5.74, 6) is 1.01. The van der Waals surface area contributed by atoms with Crippen LogP contribution in [0.15, 0.2) is 162 Å². The van der Waals surface area contributed by atoms with Crippen molar-refractivity contribution in [2.24, 2.45) is 0 Å². The van der Waals surface area contributed by atoms with Gasteiger partial charge in [-0.05, 0) is 99.8 Å². The largest absolute Gasteiger partial charge is 0.436 e. The molecule has 0 unspecified atom stereocenters. The molecule has 0 saturated carbocycles. The van der Waals surface area contributed by atoms with Gasteiger partial charge in [0.05, 0.1) is 11.0 Å². The van der Waals surface area contributed by atoms with E-state index in [1.165, 1.54) is 60.8 Å². The minimum absolute atomic E-state index is 0.359. The van der Waals surface area contributed by atoms with E-state index in [9.17, 15) is 0 Å². The zero-order valence-corrected chi connectivity index (χ0v) is 28.4. The Kier molecular flexibility index (Phi) is 7.21. The number of oxazole rings is 1. The van der Waals surface area contributed by atoms with E-state index in [4.69, 9.17) is 9.40 Å². The predicted molar refractivity (Wildman–Crippen MR) is 209 cm³/mol. The molecule has 0 aliphatic heterocycles. The van der Waals surface area contributed by atoms with E-state index in [0.717, 1.165) is 27.9 Å². The fourth-order valence-electron chi connectivity index (χ4n) is 7.48. The second kappa shape index (κ2) is 12.0. The highest BCUT2D eigenvalue weighted by Gasteiger charge is 2.17. The molecule has 2 aromatic heterocycles. The normalized spacial score (nSPS) is 11.7. The van der Waals surface area contributed by atoms with E-state index in [2.05, 4.69) is 183 Å². The number of benzene rings is 7. The van der Waals surface area contributed by atoms with E-state index < -0.39 is 0 Å². The van der Waals surface area contributed by atoms with Crippen molar-refractivity contribution in [3.63, 3.8) is 0 Å². The lowest BCUT2D eigenvalue weighted by Gasteiger charge is -2.15. The molecule has 0 amide bonds. The quantitative estimate of drug-likeness (QED) is 0.180. The van der Waals surface area contributed by atoms with Crippen molar-refractivity contribution in [1.29, 1.82) is 0 Å². The van der Waals surface area contributed by atoms with Gasteiger partial charge in [-0.3, -0.25) is 0 Å². The second-order valence-electron chi connectivity index (χ2n) is 13.5. The molecule has 0 spiro atoms. The van der Waals surface area contributed by atoms with Gasteiger partial charge >= 0.3 is 0 Å². The van der Waals surface area contributed by atoms with Gasteiger partial charge in [-0.25, -0.2) is 4.98 Å². The van der Waals surface area contributed by atoms with Crippen LogP contribution in [-0.2, 0) is 0 Å². The van der Waals surface area contributed by atoms with E-state index in [1.54, 1.807) is 0 Å². The molecule has 0 N–H and O–H groups in total. The van der Waals surface area contributed by atoms with E-state index >= 15 is 0 Å². The molecule has 0 saturated heterocycles. The summed E-state index contributed by atoms with van der Waals surface area (Å²) >= 11 is 0. The van der Waals surface area contributed by atoms with Crippen LogP contribution in [0.1, 0.15) is 30.9 Å². The van der Waals surface area contributed by atoms with Gasteiger partial charge in [-0.2, -0.15) is 0 Å². The first-order chi connectivity index (χ1) is 24.5. The maximum Gasteiger partial charge on any atom is 0.227 e. The van der Waals surface area contributed by atoms with Gasteiger partial charge in [-0.1, -0.05) is 129 Å². The van der Waals surface area contributed by atoms with E-state index in [1.807, 2.05) is 0 Å². The average molecular weight is 645 g/mol. The molecule has 0 aliphatic rings. The van der Waals surface area contributed by atoms with Gasteiger partial charge in [0.25, 0.3) is 0 Å². The number of para-hydroxylation sites is 2. The molecule has 0 aliphatic carbocycles. The number of hydrogen-bond acceptors (Lipinski definition) is 2. The Hall–Kier alpha value is -6.19. The number of fused-ring (bicyclic) bond motifs is 4. The summed E-state index contributed by atoms with van der Waals surface area (Å²) in [7, 11) is 0. The molecule has 50 heavy (non-hydrogen) atoms. The smallest absolute Gasteiger partial charge is 0.227 e. The van der Waals surface area contributed by atoms with Crippen molar-refractivity contribution in [2.45, 2.75) is 26.7 Å². The van der Waals surface area contributed by atoms with Crippen molar-refractivity contribution in [3.05, 3.63) is 169 Å². The summed E-state index contributed by atoms with van der Waals surface area (Å²) in [5.41, 5.74) is 15.9. The van der Waals surface area contributed by atoms with Crippen molar-refractivity contribution in [2.75, 3.05) is 0 Å². The van der Waals surface area contributed by atoms with Crippen LogP contribution in [0.3, 0.4) is 0 Å². The Morgan fingerprint density at radius 2 is 1.00 bits per heavy atom. The lowest BCUT2D eigenvalue weighted by Crippen LogP contribution is -1.94. The Morgan fingerprint density at radius 1 is 0.520 bits per heavy atom. The van der Waals surface area contributed by atoms with Crippen LogP contribution >= 0.6 is 0 Å². The molecular formula is C47H36N2O. The first-order valence-corrected chi connectivity index (χ1v) is 17.3. The predicted octanol–water partition coefficient (Wildman–Crippen LogP) is 13.0. The van der Waals surface area contributed by atoms with Gasteiger partial charge in [-0.15, -0.1) is 0 Å². The fraction of sp³-hybridized carbons (Fsp3) is 0.0851. The molecule has 2 heterocycles. The molecule has 3 heteroatoms. The SMILES string of the molecule is Cc1cc(C(C)C)c2oc(-c3ccc(-c4ccccc4-c4ccccc4-c4ccc(-n5c6ccccc6c6ccccc65)cc4)cc3)nc2c1. The lowest BCUT2D eigenvalue weighted by molar-refractivity contribution is 0.611. The topological polar surface area (TPSA) is 31.0 Å². The molecule has 0 fully saturated rings. The van der Waals surface area contributed by atoms with Crippen LogP contribution < -0.4 is 0 Å². The highest BCUT2D eigenvalue weighted by molar-refractivity contribution is 6.09. The minimum Gasteiger partial charge on any atom is -0.436 e. The third kappa shape index (κ3) is 5.02. The Bertz CT molecular complexity index is 2620. The molecule has 7 aromatic carbocycles. The van der Waals surface area contributed by atoms with Crippen LogP contribution in [0, 0.1) is 6.92 Å². The first-order valence-electron chi connectivity index (χ1n) is 17.3. The zero-order valence-electron chi connectivity index (χ0n) is 28.4. The van der Waals surface area contributed by atoms with Crippen molar-refractivity contribution >= 4 is 32.9 Å². The van der Waals surface area contributed by atoms with E-state index in [0.29, 0.717) is 11.8 Å². The first kappa shape index (κ1) is 29.9. The van der Waals surface area contributed by atoms with Crippen LogP contribution in [0.5, 0.6) is 0 Å². The second-order valence-corrected chi connectivity index (χ2v) is 13.5. The van der Waals surface area contributed by atoms with Crippen molar-refractivity contribution in [3.8, 4) is 50.5 Å². The van der Waals surface area contributed by atoms with Crippen LogP contribution in [0.25, 0.3) is 83.4 Å². The van der Waals surface area contributed by atoms with E-state index in [-0.39, 0.29) is 0 Å². The number of nitrogens with zero attached hydrogens (tertiary/aromatic N) is 2. The van der Waals surface area contributed by atoms with Crippen LogP contribution in [0.2, 0.25) is 0 Å². The van der Waals surface area contributed by atoms with Gasteiger partial charge in [0.2, 0.25) is 5.89 Å².